The lowest BCUT2D eigenvalue weighted by atomic mass is 10.2. The first kappa shape index (κ1) is 14.7. The highest BCUT2D eigenvalue weighted by atomic mass is 16.2. The summed E-state index contributed by atoms with van der Waals surface area (Å²) in [6.45, 7) is 1.50. The van der Waals surface area contributed by atoms with E-state index in [4.69, 9.17) is 0 Å². The van der Waals surface area contributed by atoms with Gasteiger partial charge in [-0.1, -0.05) is 12.1 Å². The van der Waals surface area contributed by atoms with Gasteiger partial charge in [0.15, 0.2) is 0 Å². The molecule has 116 valence electrons. The van der Waals surface area contributed by atoms with Crippen molar-refractivity contribution in [3.8, 4) is 0 Å². The van der Waals surface area contributed by atoms with Crippen LogP contribution in [0.2, 0.25) is 0 Å². The zero-order valence-electron chi connectivity index (χ0n) is 12.3. The van der Waals surface area contributed by atoms with E-state index in [1.54, 1.807) is 42.6 Å². The van der Waals surface area contributed by atoms with Gasteiger partial charge in [-0.25, -0.2) is 9.36 Å². The second-order valence-electron chi connectivity index (χ2n) is 5.06. The number of pyridine rings is 1. The number of para-hydroxylation sites is 1. The van der Waals surface area contributed by atoms with Crippen molar-refractivity contribution in [1.82, 2.24) is 14.5 Å². The lowest BCUT2D eigenvalue weighted by Crippen LogP contribution is -2.41. The van der Waals surface area contributed by atoms with E-state index in [1.165, 1.54) is 13.1 Å². The Hall–Kier alpha value is -3.22. The summed E-state index contributed by atoms with van der Waals surface area (Å²) in [5.74, 6) is -0.471. The molecule has 0 saturated heterocycles. The third-order valence-electron chi connectivity index (χ3n) is 3.53. The number of fused-ring (bicyclic) bond motifs is 1. The predicted molar refractivity (Wildman–Crippen MR) is 86.4 cm³/mol. The molecule has 7 heteroatoms. The molecular formula is C16H14N4O3. The fourth-order valence-electron chi connectivity index (χ4n) is 2.33. The molecule has 0 saturated carbocycles. The Morgan fingerprint density at radius 2 is 2.00 bits per heavy atom. The molecule has 1 atom stereocenters. The summed E-state index contributed by atoms with van der Waals surface area (Å²) in [7, 11) is 0. The maximum atomic E-state index is 12.5. The molecule has 2 aromatic heterocycles. The van der Waals surface area contributed by atoms with Crippen LogP contribution in [0.5, 0.6) is 0 Å². The molecule has 0 fully saturated rings. The molecule has 3 aromatic rings. The number of carbonyl (C=O) groups is 1. The van der Waals surface area contributed by atoms with Gasteiger partial charge in [0.05, 0.1) is 22.8 Å². The van der Waals surface area contributed by atoms with E-state index < -0.39 is 23.2 Å². The van der Waals surface area contributed by atoms with Crippen LogP contribution in [0.4, 0.5) is 5.69 Å². The number of benzene rings is 1. The largest absolute Gasteiger partial charge is 0.329 e. The van der Waals surface area contributed by atoms with Gasteiger partial charge in [-0.05, 0) is 31.2 Å². The number of hydrogen-bond donors (Lipinski definition) is 2. The van der Waals surface area contributed by atoms with Crippen molar-refractivity contribution >= 4 is 22.5 Å². The van der Waals surface area contributed by atoms with E-state index in [2.05, 4.69) is 15.3 Å². The van der Waals surface area contributed by atoms with Crippen molar-refractivity contribution in [2.45, 2.75) is 13.0 Å². The van der Waals surface area contributed by atoms with E-state index in [0.29, 0.717) is 16.6 Å². The summed E-state index contributed by atoms with van der Waals surface area (Å²) in [5.41, 5.74) is -0.186. The molecule has 23 heavy (non-hydrogen) atoms. The van der Waals surface area contributed by atoms with Gasteiger partial charge >= 0.3 is 5.69 Å². The van der Waals surface area contributed by atoms with Crippen molar-refractivity contribution in [2.24, 2.45) is 0 Å². The van der Waals surface area contributed by atoms with Gasteiger partial charge in [-0.3, -0.25) is 14.6 Å². The van der Waals surface area contributed by atoms with E-state index >= 15 is 0 Å². The standard InChI is InChI=1S/C16H14N4O3/c1-10(14(21)18-11-5-4-8-17-9-11)20-15(22)12-6-2-3-7-13(12)19-16(20)23/h2-10H,1H3,(H,18,21)(H,19,23). The van der Waals surface area contributed by atoms with Crippen molar-refractivity contribution in [1.29, 1.82) is 0 Å². The molecule has 0 aliphatic carbocycles. The average Bonchev–Trinajstić information content (AvgIpc) is 2.55. The van der Waals surface area contributed by atoms with E-state index in [0.717, 1.165) is 4.57 Å². The van der Waals surface area contributed by atoms with Gasteiger partial charge in [0.2, 0.25) is 5.91 Å². The van der Waals surface area contributed by atoms with Gasteiger partial charge in [0, 0.05) is 6.20 Å². The molecule has 3 rings (SSSR count). The molecule has 1 amide bonds. The zero-order chi connectivity index (χ0) is 16.4. The monoisotopic (exact) mass is 310 g/mol. The molecule has 1 unspecified atom stereocenters. The number of nitrogens with zero attached hydrogens (tertiary/aromatic N) is 2. The highest BCUT2D eigenvalue weighted by Crippen LogP contribution is 2.09. The first-order valence-electron chi connectivity index (χ1n) is 7.02. The fourth-order valence-corrected chi connectivity index (χ4v) is 2.33. The van der Waals surface area contributed by atoms with Crippen LogP contribution < -0.4 is 16.6 Å². The Bertz CT molecular complexity index is 976. The van der Waals surface area contributed by atoms with Gasteiger partial charge in [0.1, 0.15) is 6.04 Å². The number of rotatable bonds is 3. The molecule has 0 bridgehead atoms. The van der Waals surface area contributed by atoms with Crippen molar-refractivity contribution in [2.75, 3.05) is 5.32 Å². The molecule has 0 radical (unpaired) electrons. The Morgan fingerprint density at radius 1 is 1.22 bits per heavy atom. The minimum absolute atomic E-state index is 0.355. The van der Waals surface area contributed by atoms with Crippen LogP contribution in [0.3, 0.4) is 0 Å². The summed E-state index contributed by atoms with van der Waals surface area (Å²) in [6.07, 6.45) is 3.07. The van der Waals surface area contributed by atoms with Crippen molar-refractivity contribution in [3.63, 3.8) is 0 Å². The smallest absolute Gasteiger partial charge is 0.323 e. The van der Waals surface area contributed by atoms with Gasteiger partial charge < -0.3 is 10.3 Å². The van der Waals surface area contributed by atoms with Crippen LogP contribution in [0, 0.1) is 0 Å². The summed E-state index contributed by atoms with van der Waals surface area (Å²) in [6, 6.07) is 9.06. The van der Waals surface area contributed by atoms with Gasteiger partial charge in [-0.15, -0.1) is 0 Å². The fraction of sp³-hybridized carbons (Fsp3) is 0.125. The number of aromatic nitrogens is 3. The number of hydrogen-bond acceptors (Lipinski definition) is 4. The molecule has 2 N–H and O–H groups in total. The van der Waals surface area contributed by atoms with E-state index in [9.17, 15) is 14.4 Å². The second kappa shape index (κ2) is 5.88. The maximum absolute atomic E-state index is 12.5. The number of nitrogens with one attached hydrogen (secondary N) is 2. The molecule has 0 aliphatic heterocycles. The number of H-pyrrole nitrogens is 1. The summed E-state index contributed by atoms with van der Waals surface area (Å²) < 4.78 is 0.911. The number of carbonyl (C=O) groups excluding carboxylic acids is 1. The number of anilines is 1. The summed E-state index contributed by atoms with van der Waals surface area (Å²) in [4.78, 5) is 43.5. The third kappa shape index (κ3) is 2.76. The Kier molecular flexibility index (Phi) is 3.76. The van der Waals surface area contributed by atoms with E-state index in [-0.39, 0.29) is 0 Å². The zero-order valence-corrected chi connectivity index (χ0v) is 12.3. The Labute approximate surface area is 130 Å². The Balaban J connectivity index is 2.01. The van der Waals surface area contributed by atoms with E-state index in [1.807, 2.05) is 0 Å². The summed E-state index contributed by atoms with van der Waals surface area (Å²) >= 11 is 0. The van der Waals surface area contributed by atoms with Crippen LogP contribution in [0.25, 0.3) is 10.9 Å². The predicted octanol–water partition coefficient (Wildman–Crippen LogP) is 1.28. The average molecular weight is 310 g/mol. The Morgan fingerprint density at radius 3 is 2.74 bits per heavy atom. The highest BCUT2D eigenvalue weighted by molar-refractivity contribution is 5.93. The first-order valence-corrected chi connectivity index (χ1v) is 7.02. The third-order valence-corrected chi connectivity index (χ3v) is 3.53. The molecule has 7 nitrogen and oxygen atoms in total. The van der Waals surface area contributed by atoms with Crippen molar-refractivity contribution in [3.05, 3.63) is 69.6 Å². The number of amides is 1. The van der Waals surface area contributed by atoms with Crippen LogP contribution in [-0.4, -0.2) is 20.4 Å². The molecule has 2 heterocycles. The molecule has 0 spiro atoms. The minimum Gasteiger partial charge on any atom is -0.323 e. The van der Waals surface area contributed by atoms with Crippen LogP contribution in [0.15, 0.2) is 58.4 Å². The molecule has 0 aliphatic rings. The second-order valence-corrected chi connectivity index (χ2v) is 5.06. The maximum Gasteiger partial charge on any atom is 0.329 e. The number of aromatic amines is 1. The molecule has 1 aromatic carbocycles. The topological polar surface area (TPSA) is 96.8 Å². The SMILES string of the molecule is CC(C(=O)Nc1cccnc1)n1c(=O)[nH]c2ccccc2c1=O. The van der Waals surface area contributed by atoms with Gasteiger partial charge in [-0.2, -0.15) is 0 Å². The highest BCUT2D eigenvalue weighted by Gasteiger charge is 2.20. The van der Waals surface area contributed by atoms with Crippen molar-refractivity contribution < 1.29 is 4.79 Å². The normalized spacial score (nSPS) is 12.0. The van der Waals surface area contributed by atoms with Crippen LogP contribution >= 0.6 is 0 Å². The minimum atomic E-state index is -0.962. The quantitative estimate of drug-likeness (QED) is 0.761. The summed E-state index contributed by atoms with van der Waals surface area (Å²) in [5, 5.41) is 2.98. The van der Waals surface area contributed by atoms with Gasteiger partial charge in [0.25, 0.3) is 5.56 Å². The van der Waals surface area contributed by atoms with Crippen LogP contribution in [0.1, 0.15) is 13.0 Å². The lowest BCUT2D eigenvalue weighted by Gasteiger charge is -2.14. The lowest BCUT2D eigenvalue weighted by molar-refractivity contribution is -0.119. The molecular weight excluding hydrogens is 296 g/mol. The first-order chi connectivity index (χ1) is 11.1. The van der Waals surface area contributed by atoms with Crippen LogP contribution in [-0.2, 0) is 4.79 Å².